The number of aliphatic hydroxyl groups excluding tert-OH is 1. The third kappa shape index (κ3) is 3.21. The van der Waals surface area contributed by atoms with Gasteiger partial charge in [-0.25, -0.2) is 4.39 Å². The van der Waals surface area contributed by atoms with E-state index in [1.165, 1.54) is 18.9 Å². The predicted molar refractivity (Wildman–Crippen MR) is 71.2 cm³/mol. The minimum atomic E-state index is -0.410. The second-order valence-electron chi connectivity index (χ2n) is 4.91. The van der Waals surface area contributed by atoms with Gasteiger partial charge < -0.3 is 15.3 Å². The van der Waals surface area contributed by atoms with E-state index in [-0.39, 0.29) is 5.82 Å². The Bertz CT molecular complexity index is 389. The lowest BCUT2D eigenvalue weighted by molar-refractivity contribution is 0.191. The van der Waals surface area contributed by atoms with Gasteiger partial charge in [0.1, 0.15) is 5.82 Å². The smallest absolute Gasteiger partial charge is 0.129 e. The van der Waals surface area contributed by atoms with Crippen LogP contribution in [0.4, 0.5) is 10.1 Å². The molecule has 2 N–H and O–H groups in total. The Labute approximate surface area is 108 Å². The van der Waals surface area contributed by atoms with Gasteiger partial charge in [0.05, 0.1) is 6.10 Å². The molecule has 18 heavy (non-hydrogen) atoms. The highest BCUT2D eigenvalue weighted by Gasteiger charge is 2.17. The molecule has 1 aliphatic heterocycles. The standard InChI is InChI=1S/C14H21FN2O/c1-11(18)9-16-10-12-13(15)5-4-6-14(12)17-7-2-3-8-17/h4-6,11,16,18H,2-3,7-10H2,1H3. The molecule has 0 radical (unpaired) electrons. The Morgan fingerprint density at radius 2 is 2.11 bits per heavy atom. The summed E-state index contributed by atoms with van der Waals surface area (Å²) in [5.41, 5.74) is 1.70. The summed E-state index contributed by atoms with van der Waals surface area (Å²) in [6, 6.07) is 5.24. The van der Waals surface area contributed by atoms with Crippen molar-refractivity contribution >= 4 is 5.69 Å². The minimum Gasteiger partial charge on any atom is -0.392 e. The maximum atomic E-state index is 13.9. The molecule has 100 valence electrons. The number of hydrogen-bond donors (Lipinski definition) is 2. The van der Waals surface area contributed by atoms with Crippen LogP contribution in [0.25, 0.3) is 0 Å². The van der Waals surface area contributed by atoms with Crippen LogP contribution in [0.5, 0.6) is 0 Å². The highest BCUT2D eigenvalue weighted by atomic mass is 19.1. The van der Waals surface area contributed by atoms with Gasteiger partial charge in [-0.2, -0.15) is 0 Å². The first-order valence-corrected chi connectivity index (χ1v) is 6.59. The fourth-order valence-corrected chi connectivity index (χ4v) is 2.38. The summed E-state index contributed by atoms with van der Waals surface area (Å²) in [6.45, 7) is 4.67. The van der Waals surface area contributed by atoms with Crippen LogP contribution in [0, 0.1) is 5.82 Å². The average Bonchev–Trinajstić information content (AvgIpc) is 2.84. The highest BCUT2D eigenvalue weighted by molar-refractivity contribution is 5.54. The molecule has 1 aliphatic rings. The first-order chi connectivity index (χ1) is 8.68. The zero-order valence-corrected chi connectivity index (χ0v) is 10.8. The van der Waals surface area contributed by atoms with Crippen LogP contribution in [0.3, 0.4) is 0 Å². The van der Waals surface area contributed by atoms with Crippen molar-refractivity contribution in [2.24, 2.45) is 0 Å². The number of nitrogens with one attached hydrogen (secondary N) is 1. The topological polar surface area (TPSA) is 35.5 Å². The van der Waals surface area contributed by atoms with Crippen LogP contribution < -0.4 is 10.2 Å². The molecular formula is C14H21FN2O. The first-order valence-electron chi connectivity index (χ1n) is 6.59. The molecule has 0 spiro atoms. The fourth-order valence-electron chi connectivity index (χ4n) is 2.38. The summed E-state index contributed by atoms with van der Waals surface area (Å²) in [5, 5.41) is 12.3. The molecule has 0 aromatic heterocycles. The fraction of sp³-hybridized carbons (Fsp3) is 0.571. The number of rotatable bonds is 5. The summed E-state index contributed by atoms with van der Waals surface area (Å²) < 4.78 is 13.9. The Morgan fingerprint density at radius 3 is 2.78 bits per heavy atom. The molecule has 1 saturated heterocycles. The van der Waals surface area contributed by atoms with Crippen LogP contribution in [0.15, 0.2) is 18.2 Å². The maximum absolute atomic E-state index is 13.9. The van der Waals surface area contributed by atoms with E-state index in [0.29, 0.717) is 18.7 Å². The normalized spacial score (nSPS) is 17.2. The number of hydrogen-bond acceptors (Lipinski definition) is 3. The van der Waals surface area contributed by atoms with Crippen LogP contribution >= 0.6 is 0 Å². The number of benzene rings is 1. The zero-order chi connectivity index (χ0) is 13.0. The molecule has 1 heterocycles. The van der Waals surface area contributed by atoms with Crippen molar-refractivity contribution in [2.75, 3.05) is 24.5 Å². The predicted octanol–water partition coefficient (Wildman–Crippen LogP) is 1.90. The number of anilines is 1. The van der Waals surface area contributed by atoms with E-state index < -0.39 is 6.10 Å². The van der Waals surface area contributed by atoms with Gasteiger partial charge in [0.25, 0.3) is 0 Å². The number of aliphatic hydroxyl groups is 1. The van der Waals surface area contributed by atoms with Crippen molar-refractivity contribution < 1.29 is 9.50 Å². The van der Waals surface area contributed by atoms with Gasteiger partial charge in [0.2, 0.25) is 0 Å². The first kappa shape index (κ1) is 13.3. The van der Waals surface area contributed by atoms with Crippen LogP contribution in [0.1, 0.15) is 25.3 Å². The SMILES string of the molecule is CC(O)CNCc1c(F)cccc1N1CCCC1. The number of nitrogens with zero attached hydrogens (tertiary/aromatic N) is 1. The molecule has 1 unspecified atom stereocenters. The maximum Gasteiger partial charge on any atom is 0.129 e. The molecule has 0 amide bonds. The van der Waals surface area contributed by atoms with E-state index in [0.717, 1.165) is 18.8 Å². The molecule has 1 aromatic carbocycles. The summed E-state index contributed by atoms with van der Waals surface area (Å²) in [5.74, 6) is -0.169. The molecule has 1 aromatic rings. The molecule has 0 saturated carbocycles. The Kier molecular flexibility index (Phi) is 4.55. The van der Waals surface area contributed by atoms with Gasteiger partial charge in [-0.05, 0) is 31.9 Å². The molecule has 2 rings (SSSR count). The highest BCUT2D eigenvalue weighted by Crippen LogP contribution is 2.26. The van der Waals surface area contributed by atoms with Crippen LogP contribution in [-0.4, -0.2) is 30.8 Å². The third-order valence-corrected chi connectivity index (χ3v) is 3.28. The monoisotopic (exact) mass is 252 g/mol. The lowest BCUT2D eigenvalue weighted by atomic mass is 10.1. The second-order valence-corrected chi connectivity index (χ2v) is 4.91. The molecule has 4 heteroatoms. The largest absolute Gasteiger partial charge is 0.392 e. The lowest BCUT2D eigenvalue weighted by Gasteiger charge is -2.22. The van der Waals surface area contributed by atoms with E-state index >= 15 is 0 Å². The van der Waals surface area contributed by atoms with Crippen molar-refractivity contribution in [3.05, 3.63) is 29.6 Å². The van der Waals surface area contributed by atoms with Gasteiger partial charge in [-0.15, -0.1) is 0 Å². The summed E-state index contributed by atoms with van der Waals surface area (Å²) >= 11 is 0. The summed E-state index contributed by atoms with van der Waals surface area (Å²) in [6.07, 6.45) is 1.95. The summed E-state index contributed by atoms with van der Waals surface area (Å²) in [7, 11) is 0. The van der Waals surface area contributed by atoms with Gasteiger partial charge in [-0.3, -0.25) is 0 Å². The van der Waals surface area contributed by atoms with Crippen LogP contribution in [0.2, 0.25) is 0 Å². The molecule has 3 nitrogen and oxygen atoms in total. The van der Waals surface area contributed by atoms with Gasteiger partial charge in [-0.1, -0.05) is 6.07 Å². The van der Waals surface area contributed by atoms with E-state index in [1.54, 1.807) is 13.0 Å². The molecular weight excluding hydrogens is 231 g/mol. The Morgan fingerprint density at radius 1 is 1.39 bits per heavy atom. The van der Waals surface area contributed by atoms with Crippen LogP contribution in [-0.2, 0) is 6.54 Å². The number of halogens is 1. The van der Waals surface area contributed by atoms with Gasteiger partial charge in [0, 0.05) is 37.4 Å². The minimum absolute atomic E-state index is 0.169. The zero-order valence-electron chi connectivity index (χ0n) is 10.8. The van der Waals surface area contributed by atoms with Gasteiger partial charge in [0.15, 0.2) is 0 Å². The van der Waals surface area contributed by atoms with Crippen molar-refractivity contribution in [1.29, 1.82) is 0 Å². The van der Waals surface area contributed by atoms with Crippen molar-refractivity contribution in [2.45, 2.75) is 32.4 Å². The lowest BCUT2D eigenvalue weighted by Crippen LogP contribution is -2.26. The Balaban J connectivity index is 2.10. The van der Waals surface area contributed by atoms with Crippen molar-refractivity contribution in [3.63, 3.8) is 0 Å². The molecule has 1 atom stereocenters. The van der Waals surface area contributed by atoms with E-state index in [9.17, 15) is 9.50 Å². The quantitative estimate of drug-likeness (QED) is 0.840. The van der Waals surface area contributed by atoms with E-state index in [1.807, 2.05) is 6.07 Å². The molecule has 0 aliphatic carbocycles. The summed E-state index contributed by atoms with van der Waals surface area (Å²) in [4.78, 5) is 2.24. The average molecular weight is 252 g/mol. The molecule has 0 bridgehead atoms. The second kappa shape index (κ2) is 6.16. The van der Waals surface area contributed by atoms with E-state index in [2.05, 4.69) is 10.2 Å². The third-order valence-electron chi connectivity index (χ3n) is 3.28. The Hall–Kier alpha value is -1.13. The van der Waals surface area contributed by atoms with Crippen molar-refractivity contribution in [1.82, 2.24) is 5.32 Å². The van der Waals surface area contributed by atoms with Crippen molar-refractivity contribution in [3.8, 4) is 0 Å². The van der Waals surface area contributed by atoms with E-state index in [4.69, 9.17) is 0 Å². The molecule has 1 fully saturated rings. The van der Waals surface area contributed by atoms with Gasteiger partial charge >= 0.3 is 0 Å².